The smallest absolute Gasteiger partial charge is 0.270 e. The molecule has 0 unspecified atom stereocenters. The van der Waals surface area contributed by atoms with Crippen LogP contribution >= 0.6 is 11.3 Å². The minimum Gasteiger partial charge on any atom is -0.348 e. The van der Waals surface area contributed by atoms with Crippen LogP contribution in [0.4, 0.5) is 0 Å². The molecule has 3 nitrogen and oxygen atoms in total. The molecular weight excluding hydrogens is 268 g/mol. The molecule has 104 valence electrons. The Morgan fingerprint density at radius 2 is 1.90 bits per heavy atom. The molecule has 0 radical (unpaired) electrons. The van der Waals surface area contributed by atoms with Crippen LogP contribution in [0.5, 0.6) is 0 Å². The fourth-order valence-electron chi connectivity index (χ4n) is 2.60. The molecule has 0 atom stereocenters. The van der Waals surface area contributed by atoms with Gasteiger partial charge in [-0.1, -0.05) is 49.6 Å². The minimum absolute atomic E-state index is 0.0321. The van der Waals surface area contributed by atoms with Crippen molar-refractivity contribution in [2.45, 2.75) is 38.1 Å². The predicted molar refractivity (Wildman–Crippen MR) is 81.9 cm³/mol. The summed E-state index contributed by atoms with van der Waals surface area (Å²) in [6.07, 6.45) is 5.93. The summed E-state index contributed by atoms with van der Waals surface area (Å²) in [4.78, 5) is 16.6. The molecule has 1 saturated carbocycles. The number of thiazole rings is 1. The van der Waals surface area contributed by atoms with E-state index in [0.29, 0.717) is 11.7 Å². The van der Waals surface area contributed by atoms with Gasteiger partial charge in [-0.3, -0.25) is 4.79 Å². The standard InChI is InChI=1S/C16H18N2OS/c19-15(17-13-9-5-2-6-10-13)14-11-20-16(18-14)12-7-3-1-4-8-12/h1,3-4,7-8,11,13H,2,5-6,9-10H2,(H,17,19). The summed E-state index contributed by atoms with van der Waals surface area (Å²) in [5, 5.41) is 5.86. The third kappa shape index (κ3) is 3.07. The lowest BCUT2D eigenvalue weighted by Crippen LogP contribution is -2.36. The highest BCUT2D eigenvalue weighted by molar-refractivity contribution is 7.13. The predicted octanol–water partition coefficient (Wildman–Crippen LogP) is 3.87. The van der Waals surface area contributed by atoms with Crippen molar-refractivity contribution in [3.63, 3.8) is 0 Å². The summed E-state index contributed by atoms with van der Waals surface area (Å²) in [7, 11) is 0. The van der Waals surface area contributed by atoms with Gasteiger partial charge in [0.2, 0.25) is 0 Å². The number of nitrogens with zero attached hydrogens (tertiary/aromatic N) is 1. The molecule has 1 aliphatic carbocycles. The van der Waals surface area contributed by atoms with Crippen LogP contribution < -0.4 is 5.32 Å². The number of benzene rings is 1. The van der Waals surface area contributed by atoms with Crippen LogP contribution in [0.3, 0.4) is 0 Å². The molecule has 20 heavy (non-hydrogen) atoms. The number of amides is 1. The first-order valence-corrected chi connectivity index (χ1v) is 8.03. The summed E-state index contributed by atoms with van der Waals surface area (Å²) < 4.78 is 0. The van der Waals surface area contributed by atoms with Gasteiger partial charge in [-0.05, 0) is 12.8 Å². The third-order valence-corrected chi connectivity index (χ3v) is 4.59. The molecular formula is C16H18N2OS. The maximum Gasteiger partial charge on any atom is 0.270 e. The van der Waals surface area contributed by atoms with E-state index in [0.717, 1.165) is 23.4 Å². The monoisotopic (exact) mass is 286 g/mol. The highest BCUT2D eigenvalue weighted by Gasteiger charge is 2.18. The number of hydrogen-bond donors (Lipinski definition) is 1. The third-order valence-electron chi connectivity index (χ3n) is 3.70. The number of rotatable bonds is 3. The van der Waals surface area contributed by atoms with Gasteiger partial charge >= 0.3 is 0 Å². The first kappa shape index (κ1) is 13.3. The van der Waals surface area contributed by atoms with E-state index in [1.54, 1.807) is 0 Å². The number of aromatic nitrogens is 1. The van der Waals surface area contributed by atoms with Gasteiger partial charge < -0.3 is 5.32 Å². The summed E-state index contributed by atoms with van der Waals surface area (Å²) in [5.74, 6) is -0.0321. The van der Waals surface area contributed by atoms with Crippen molar-refractivity contribution in [2.75, 3.05) is 0 Å². The van der Waals surface area contributed by atoms with Crippen molar-refractivity contribution in [3.05, 3.63) is 41.4 Å². The van der Waals surface area contributed by atoms with Gasteiger partial charge in [0, 0.05) is 17.0 Å². The Morgan fingerprint density at radius 1 is 1.15 bits per heavy atom. The maximum atomic E-state index is 12.2. The molecule has 1 aromatic heterocycles. The van der Waals surface area contributed by atoms with Gasteiger partial charge in [0.15, 0.2) is 0 Å². The number of carbonyl (C=O) groups is 1. The van der Waals surface area contributed by atoms with Gasteiger partial charge in [-0.2, -0.15) is 0 Å². The van der Waals surface area contributed by atoms with Crippen molar-refractivity contribution in [1.29, 1.82) is 0 Å². The van der Waals surface area contributed by atoms with Crippen LogP contribution in [-0.4, -0.2) is 16.9 Å². The summed E-state index contributed by atoms with van der Waals surface area (Å²) >= 11 is 1.52. The molecule has 4 heteroatoms. The molecule has 0 aliphatic heterocycles. The second-order valence-corrected chi connectivity index (χ2v) is 6.07. The Labute approximate surface area is 123 Å². The van der Waals surface area contributed by atoms with Crippen molar-refractivity contribution in [3.8, 4) is 10.6 Å². The zero-order chi connectivity index (χ0) is 13.8. The summed E-state index contributed by atoms with van der Waals surface area (Å²) in [6.45, 7) is 0. The van der Waals surface area contributed by atoms with Crippen LogP contribution in [0.25, 0.3) is 10.6 Å². The lowest BCUT2D eigenvalue weighted by Gasteiger charge is -2.22. The van der Waals surface area contributed by atoms with Crippen LogP contribution in [0.1, 0.15) is 42.6 Å². The molecule has 1 aliphatic rings. The molecule has 0 saturated heterocycles. The largest absolute Gasteiger partial charge is 0.348 e. The maximum absolute atomic E-state index is 12.2. The van der Waals surface area contributed by atoms with Crippen molar-refractivity contribution < 1.29 is 4.79 Å². The average molecular weight is 286 g/mol. The van der Waals surface area contributed by atoms with Crippen molar-refractivity contribution in [1.82, 2.24) is 10.3 Å². The van der Waals surface area contributed by atoms with Gasteiger partial charge in [0.05, 0.1) is 0 Å². The molecule has 3 rings (SSSR count). The molecule has 1 fully saturated rings. The van der Waals surface area contributed by atoms with Gasteiger partial charge in [0.25, 0.3) is 5.91 Å². The fourth-order valence-corrected chi connectivity index (χ4v) is 3.40. The average Bonchev–Trinajstić information content (AvgIpc) is 2.99. The lowest BCUT2D eigenvalue weighted by molar-refractivity contribution is 0.0923. The van der Waals surface area contributed by atoms with E-state index in [4.69, 9.17) is 0 Å². The van der Waals surface area contributed by atoms with E-state index in [1.165, 1.54) is 30.6 Å². The second kappa shape index (κ2) is 6.18. The van der Waals surface area contributed by atoms with E-state index in [9.17, 15) is 4.79 Å². The lowest BCUT2D eigenvalue weighted by atomic mass is 9.95. The Kier molecular flexibility index (Phi) is 4.11. The molecule has 1 aromatic carbocycles. The molecule has 2 aromatic rings. The van der Waals surface area contributed by atoms with E-state index < -0.39 is 0 Å². The fraction of sp³-hybridized carbons (Fsp3) is 0.375. The zero-order valence-electron chi connectivity index (χ0n) is 11.3. The number of hydrogen-bond acceptors (Lipinski definition) is 3. The molecule has 0 bridgehead atoms. The van der Waals surface area contributed by atoms with Crippen LogP contribution in [0, 0.1) is 0 Å². The Morgan fingerprint density at radius 3 is 2.65 bits per heavy atom. The first-order valence-electron chi connectivity index (χ1n) is 7.15. The molecule has 1 N–H and O–H groups in total. The van der Waals surface area contributed by atoms with Crippen LogP contribution in [-0.2, 0) is 0 Å². The first-order chi connectivity index (χ1) is 9.83. The normalized spacial score (nSPS) is 16.0. The summed E-state index contributed by atoms with van der Waals surface area (Å²) in [6, 6.07) is 10.3. The highest BCUT2D eigenvalue weighted by Crippen LogP contribution is 2.24. The van der Waals surface area contributed by atoms with Crippen molar-refractivity contribution in [2.24, 2.45) is 0 Å². The second-order valence-electron chi connectivity index (χ2n) is 5.21. The van der Waals surface area contributed by atoms with Crippen LogP contribution in [0.15, 0.2) is 35.7 Å². The molecule has 1 amide bonds. The zero-order valence-corrected chi connectivity index (χ0v) is 12.2. The number of carbonyl (C=O) groups excluding carboxylic acids is 1. The molecule has 1 heterocycles. The number of nitrogens with one attached hydrogen (secondary N) is 1. The van der Waals surface area contributed by atoms with Crippen LogP contribution in [0.2, 0.25) is 0 Å². The van der Waals surface area contributed by atoms with Gasteiger partial charge in [-0.25, -0.2) is 4.98 Å². The Bertz CT molecular complexity index is 573. The van der Waals surface area contributed by atoms with Gasteiger partial charge in [-0.15, -0.1) is 11.3 Å². The van der Waals surface area contributed by atoms with E-state index in [-0.39, 0.29) is 5.91 Å². The van der Waals surface area contributed by atoms with E-state index >= 15 is 0 Å². The summed E-state index contributed by atoms with van der Waals surface area (Å²) in [5.41, 5.74) is 1.61. The van der Waals surface area contributed by atoms with Crippen molar-refractivity contribution >= 4 is 17.2 Å². The molecule has 0 spiro atoms. The Hall–Kier alpha value is -1.68. The topological polar surface area (TPSA) is 42.0 Å². The van der Waals surface area contributed by atoms with E-state index in [2.05, 4.69) is 10.3 Å². The SMILES string of the molecule is O=C(NC1CCCCC1)c1csc(-c2ccccc2)n1. The Balaban J connectivity index is 1.68. The highest BCUT2D eigenvalue weighted by atomic mass is 32.1. The van der Waals surface area contributed by atoms with E-state index in [1.807, 2.05) is 35.7 Å². The minimum atomic E-state index is -0.0321. The van der Waals surface area contributed by atoms with Gasteiger partial charge in [0.1, 0.15) is 10.7 Å². The quantitative estimate of drug-likeness (QED) is 0.930.